The molecule has 0 saturated heterocycles. The second-order valence-electron chi connectivity index (χ2n) is 3.27. The fourth-order valence-electron chi connectivity index (χ4n) is 1.43. The van der Waals surface area contributed by atoms with Gasteiger partial charge in [-0.05, 0) is 19.1 Å². The molecule has 0 bridgehead atoms. The Kier molecular flexibility index (Phi) is 2.26. The fourth-order valence-corrected chi connectivity index (χ4v) is 1.43. The molecule has 2 aromatic rings. The van der Waals surface area contributed by atoms with Crippen molar-refractivity contribution in [2.24, 2.45) is 0 Å². The molecule has 0 amide bonds. The summed E-state index contributed by atoms with van der Waals surface area (Å²) in [6.45, 7) is 1.31. The van der Waals surface area contributed by atoms with Gasteiger partial charge in [-0.25, -0.2) is 18.7 Å². The lowest BCUT2D eigenvalue weighted by molar-refractivity contribution is 0.128. The lowest BCUT2D eigenvalue weighted by atomic mass is 10.3. The highest BCUT2D eigenvalue weighted by Crippen LogP contribution is 2.17. The Morgan fingerprint density at radius 2 is 2.13 bits per heavy atom. The number of aromatic nitrogens is 3. The molecule has 0 aliphatic carbocycles. The Morgan fingerprint density at radius 1 is 1.40 bits per heavy atom. The Bertz CT molecular complexity index is 492. The summed E-state index contributed by atoms with van der Waals surface area (Å²) in [6, 6.07) is 3.48. The van der Waals surface area contributed by atoms with Gasteiger partial charge in [0.25, 0.3) is 6.43 Å². The first-order valence-corrected chi connectivity index (χ1v) is 4.45. The third-order valence-corrected chi connectivity index (χ3v) is 2.08. The molecule has 80 valence electrons. The summed E-state index contributed by atoms with van der Waals surface area (Å²) in [7, 11) is 0. The lowest BCUT2D eigenvalue weighted by Gasteiger charge is -2.04. The van der Waals surface area contributed by atoms with Crippen molar-refractivity contribution in [3.63, 3.8) is 0 Å². The third-order valence-electron chi connectivity index (χ3n) is 2.08. The Labute approximate surface area is 84.7 Å². The van der Waals surface area contributed by atoms with Gasteiger partial charge in [-0.3, -0.25) is 4.57 Å². The van der Waals surface area contributed by atoms with Gasteiger partial charge < -0.3 is 5.73 Å². The number of halogens is 2. The van der Waals surface area contributed by atoms with E-state index in [1.165, 1.54) is 4.57 Å². The van der Waals surface area contributed by atoms with E-state index in [1.807, 2.05) is 0 Å². The first-order valence-electron chi connectivity index (χ1n) is 4.45. The minimum atomic E-state index is -2.47. The zero-order chi connectivity index (χ0) is 11.0. The molecule has 0 atom stereocenters. The van der Waals surface area contributed by atoms with Crippen molar-refractivity contribution in [2.75, 3.05) is 5.73 Å². The lowest BCUT2D eigenvalue weighted by Crippen LogP contribution is -2.10. The second-order valence-corrected chi connectivity index (χ2v) is 3.27. The van der Waals surface area contributed by atoms with Crippen LogP contribution >= 0.6 is 0 Å². The SMILES string of the molecule is Cc1ccc2nc(N)n(CC(F)F)c2n1. The molecule has 2 rings (SSSR count). The van der Waals surface area contributed by atoms with E-state index < -0.39 is 13.0 Å². The maximum Gasteiger partial charge on any atom is 0.256 e. The van der Waals surface area contributed by atoms with Crippen LogP contribution in [0.3, 0.4) is 0 Å². The molecule has 0 saturated carbocycles. The maximum absolute atomic E-state index is 12.3. The summed E-state index contributed by atoms with van der Waals surface area (Å²) >= 11 is 0. The Balaban J connectivity index is 2.60. The summed E-state index contributed by atoms with van der Waals surface area (Å²) in [5, 5.41) is 0. The normalized spacial score (nSPS) is 11.5. The van der Waals surface area contributed by atoms with Gasteiger partial charge >= 0.3 is 0 Å². The molecular weight excluding hydrogens is 202 g/mol. The van der Waals surface area contributed by atoms with Gasteiger partial charge in [-0.2, -0.15) is 0 Å². The van der Waals surface area contributed by atoms with Crippen molar-refractivity contribution in [2.45, 2.75) is 19.9 Å². The predicted molar refractivity (Wildman–Crippen MR) is 52.7 cm³/mol. The minimum absolute atomic E-state index is 0.0726. The number of rotatable bonds is 2. The van der Waals surface area contributed by atoms with Gasteiger partial charge in [0.2, 0.25) is 5.95 Å². The van der Waals surface area contributed by atoms with Gasteiger partial charge in [-0.1, -0.05) is 0 Å². The number of hydrogen-bond donors (Lipinski definition) is 1. The van der Waals surface area contributed by atoms with Crippen LogP contribution in [0.5, 0.6) is 0 Å². The van der Waals surface area contributed by atoms with Gasteiger partial charge in [-0.15, -0.1) is 0 Å². The molecule has 0 spiro atoms. The van der Waals surface area contributed by atoms with Crippen molar-refractivity contribution < 1.29 is 8.78 Å². The van der Waals surface area contributed by atoms with Crippen LogP contribution in [0.15, 0.2) is 12.1 Å². The first kappa shape index (κ1) is 9.82. The van der Waals surface area contributed by atoms with Gasteiger partial charge in [0, 0.05) is 5.69 Å². The van der Waals surface area contributed by atoms with Crippen LogP contribution in [-0.4, -0.2) is 21.0 Å². The summed E-state index contributed by atoms with van der Waals surface area (Å²) in [4.78, 5) is 8.09. The van der Waals surface area contributed by atoms with Crippen molar-refractivity contribution in [3.05, 3.63) is 17.8 Å². The van der Waals surface area contributed by atoms with Crippen LogP contribution in [0.25, 0.3) is 11.2 Å². The molecule has 0 radical (unpaired) electrons. The van der Waals surface area contributed by atoms with E-state index in [-0.39, 0.29) is 5.95 Å². The maximum atomic E-state index is 12.3. The van der Waals surface area contributed by atoms with Crippen molar-refractivity contribution in [3.8, 4) is 0 Å². The second kappa shape index (κ2) is 3.45. The summed E-state index contributed by atoms with van der Waals surface area (Å²) < 4.78 is 25.8. The van der Waals surface area contributed by atoms with E-state index in [4.69, 9.17) is 5.73 Å². The van der Waals surface area contributed by atoms with Gasteiger partial charge in [0.05, 0.1) is 6.54 Å². The molecule has 2 heterocycles. The quantitative estimate of drug-likeness (QED) is 0.822. The highest BCUT2D eigenvalue weighted by atomic mass is 19.3. The topological polar surface area (TPSA) is 56.7 Å². The van der Waals surface area contributed by atoms with Gasteiger partial charge in [0.15, 0.2) is 5.65 Å². The number of imidazole rings is 1. The zero-order valence-corrected chi connectivity index (χ0v) is 8.11. The van der Waals surface area contributed by atoms with E-state index >= 15 is 0 Å². The van der Waals surface area contributed by atoms with Crippen molar-refractivity contribution in [1.82, 2.24) is 14.5 Å². The number of nitrogens with zero attached hydrogens (tertiary/aromatic N) is 3. The fraction of sp³-hybridized carbons (Fsp3) is 0.333. The van der Waals surface area contributed by atoms with Gasteiger partial charge in [0.1, 0.15) is 5.52 Å². The number of aryl methyl sites for hydroxylation is 1. The number of nitrogen functional groups attached to an aromatic ring is 1. The minimum Gasteiger partial charge on any atom is -0.369 e. The molecule has 0 fully saturated rings. The molecule has 0 aromatic carbocycles. The molecule has 15 heavy (non-hydrogen) atoms. The molecule has 0 aliphatic rings. The van der Waals surface area contributed by atoms with Crippen LogP contribution in [0.1, 0.15) is 5.69 Å². The number of fused-ring (bicyclic) bond motifs is 1. The average Bonchev–Trinajstić information content (AvgIpc) is 2.43. The van der Waals surface area contributed by atoms with Crippen LogP contribution < -0.4 is 5.73 Å². The van der Waals surface area contributed by atoms with E-state index in [9.17, 15) is 8.78 Å². The number of alkyl halides is 2. The molecule has 2 N–H and O–H groups in total. The van der Waals surface area contributed by atoms with Crippen LogP contribution in [0.2, 0.25) is 0 Å². The zero-order valence-electron chi connectivity index (χ0n) is 8.11. The monoisotopic (exact) mass is 212 g/mol. The highest BCUT2D eigenvalue weighted by Gasteiger charge is 2.13. The van der Waals surface area contributed by atoms with Crippen LogP contribution in [0.4, 0.5) is 14.7 Å². The number of pyridine rings is 1. The number of hydrogen-bond acceptors (Lipinski definition) is 3. The smallest absolute Gasteiger partial charge is 0.256 e. The highest BCUT2D eigenvalue weighted by molar-refractivity contribution is 5.74. The largest absolute Gasteiger partial charge is 0.369 e. The third kappa shape index (κ3) is 1.74. The summed E-state index contributed by atoms with van der Waals surface area (Å²) in [5.74, 6) is 0.0726. The first-order chi connectivity index (χ1) is 7.08. The van der Waals surface area contributed by atoms with E-state index in [1.54, 1.807) is 19.1 Å². The molecule has 6 heteroatoms. The Hall–Kier alpha value is -1.72. The van der Waals surface area contributed by atoms with Crippen molar-refractivity contribution in [1.29, 1.82) is 0 Å². The number of nitrogens with two attached hydrogens (primary N) is 1. The predicted octanol–water partition coefficient (Wildman–Crippen LogP) is 1.59. The van der Waals surface area contributed by atoms with Crippen LogP contribution in [0, 0.1) is 6.92 Å². The molecule has 0 unspecified atom stereocenters. The van der Waals surface area contributed by atoms with E-state index in [0.29, 0.717) is 11.2 Å². The summed E-state index contributed by atoms with van der Waals surface area (Å²) in [5.41, 5.74) is 7.23. The van der Waals surface area contributed by atoms with Crippen LogP contribution in [-0.2, 0) is 6.54 Å². The molecule has 2 aromatic heterocycles. The van der Waals surface area contributed by atoms with Crippen molar-refractivity contribution >= 4 is 17.1 Å². The van der Waals surface area contributed by atoms with E-state index in [0.717, 1.165) is 5.69 Å². The molecule has 4 nitrogen and oxygen atoms in total. The Morgan fingerprint density at radius 3 is 2.80 bits per heavy atom. The molecule has 0 aliphatic heterocycles. The standard InChI is InChI=1S/C9H10F2N4/c1-5-2-3-6-8(13-5)15(4-7(10)11)9(12)14-6/h2-3,7H,4H2,1H3,(H2,12,14). The van der Waals surface area contributed by atoms with E-state index in [2.05, 4.69) is 9.97 Å². The summed E-state index contributed by atoms with van der Waals surface area (Å²) in [6.07, 6.45) is -2.47. The average molecular weight is 212 g/mol. The molecular formula is C9H10F2N4. The number of anilines is 1.